The van der Waals surface area contributed by atoms with Crippen molar-refractivity contribution in [1.82, 2.24) is 50.7 Å². The van der Waals surface area contributed by atoms with E-state index in [2.05, 4.69) is 52.3 Å². The molecule has 0 spiro atoms. The van der Waals surface area contributed by atoms with Gasteiger partial charge >= 0.3 is 0 Å². The lowest BCUT2D eigenvalue weighted by molar-refractivity contribution is -0.155. The molecule has 24 heteroatoms. The first-order valence-corrected chi connectivity index (χ1v) is 22.3. The average molecular weight is 933 g/mol. The highest BCUT2D eigenvalue weighted by Gasteiger charge is 2.41. The van der Waals surface area contributed by atoms with E-state index in [-0.39, 0.29) is 68.7 Å². The Morgan fingerprint density at radius 3 is 1.55 bits per heavy atom. The number of hydroxylamine groups is 4. The lowest BCUT2D eigenvalue weighted by Gasteiger charge is -2.36. The molecule has 22 nitrogen and oxygen atoms in total. The molecule has 2 saturated carbocycles. The molecule has 2 heterocycles. The van der Waals surface area contributed by atoms with Crippen LogP contribution in [0.3, 0.4) is 0 Å². The summed E-state index contributed by atoms with van der Waals surface area (Å²) in [4.78, 5) is 96.0. The van der Waals surface area contributed by atoms with Gasteiger partial charge in [-0.3, -0.25) is 60.9 Å². The van der Waals surface area contributed by atoms with E-state index >= 15 is 8.78 Å². The molecule has 4 rings (SSSR count). The van der Waals surface area contributed by atoms with Crippen molar-refractivity contribution >= 4 is 59.7 Å². The number of hydrogen-bond donors (Lipinski definition) is 8. The summed E-state index contributed by atoms with van der Waals surface area (Å²) < 4.78 is 32.6. The lowest BCUT2D eigenvalue weighted by atomic mass is 9.86. The number of hydrogen-bond acceptors (Lipinski definition) is 16. The Morgan fingerprint density at radius 1 is 0.712 bits per heavy atom. The number of carbonyl (C=O) groups is 6. The fourth-order valence-electron chi connectivity index (χ4n) is 8.69. The molecule has 6 amide bonds. The van der Waals surface area contributed by atoms with Crippen LogP contribution < -0.4 is 32.3 Å². The summed E-state index contributed by atoms with van der Waals surface area (Å²) in [5, 5.41) is 26.3. The van der Waals surface area contributed by atoms with Crippen molar-refractivity contribution < 1.29 is 48.0 Å². The van der Waals surface area contributed by atoms with Crippen LogP contribution in [0.25, 0.3) is 0 Å². The van der Waals surface area contributed by atoms with Crippen molar-refractivity contribution in [3.8, 4) is 0 Å². The van der Waals surface area contributed by atoms with Crippen LogP contribution in [0.1, 0.15) is 102 Å². The zero-order valence-electron chi connectivity index (χ0n) is 38.8. The largest absolute Gasteiger partial charge is 0.356 e. The summed E-state index contributed by atoms with van der Waals surface area (Å²) in [6, 6.07) is -1.22. The van der Waals surface area contributed by atoms with Crippen LogP contribution in [-0.2, 0) is 28.8 Å². The van der Waals surface area contributed by atoms with E-state index in [9.17, 15) is 39.2 Å². The number of hydrazine groups is 2. The zero-order chi connectivity index (χ0) is 48.7. The maximum absolute atomic E-state index is 16.4. The van der Waals surface area contributed by atoms with Crippen molar-refractivity contribution in [3.05, 3.63) is 23.3 Å². The number of rotatable bonds is 26. The molecule has 8 N–H and O–H groups in total. The van der Waals surface area contributed by atoms with Gasteiger partial charge in [-0.2, -0.15) is 8.78 Å². The van der Waals surface area contributed by atoms with E-state index in [1.165, 1.54) is 51.8 Å². The highest BCUT2D eigenvalue weighted by atomic mass is 19.1. The molecule has 366 valence electrons. The van der Waals surface area contributed by atoms with Crippen LogP contribution in [0, 0.1) is 49.2 Å². The molecule has 0 bridgehead atoms. The summed E-state index contributed by atoms with van der Waals surface area (Å²) >= 11 is 0. The topological polar surface area (TPSA) is 280 Å². The SMILES string of the molecule is CC[C@@](CCC(Nc1nc(C)nc(NNC(=O)[C@H](CC2CCCC2)CN(O)C=O)c1F)C(=O)N(C)C)(Nc1nc(C)nc(NNC(=O)[C@H](CC2CCCC2)CN(O)C=O)c1F)C(=O)N(C)C. The van der Waals surface area contributed by atoms with Crippen LogP contribution >= 0.6 is 0 Å². The van der Waals surface area contributed by atoms with Crippen LogP contribution in [0.5, 0.6) is 0 Å². The third-order valence-electron chi connectivity index (χ3n) is 12.2. The number of aromatic nitrogens is 4. The number of nitrogens with zero attached hydrogens (tertiary/aromatic N) is 8. The van der Waals surface area contributed by atoms with E-state index in [4.69, 9.17) is 0 Å². The minimum absolute atomic E-state index is 0.0451. The summed E-state index contributed by atoms with van der Waals surface area (Å²) in [6.07, 6.45) is 8.58. The van der Waals surface area contributed by atoms with Crippen molar-refractivity contribution in [2.75, 3.05) is 62.8 Å². The molecule has 0 aliphatic heterocycles. The number of anilines is 4. The van der Waals surface area contributed by atoms with Gasteiger partial charge in [0.2, 0.25) is 48.1 Å². The number of nitrogens with one attached hydrogen (secondary N) is 6. The number of carbonyl (C=O) groups excluding carboxylic acids is 6. The standard InChI is InChI=1S/C42H66F2N14O8/c1-8-42(41(64)56(6)7,50-35-33(44)37(48-26(3)46-35)52-54-39(62)30(22-58(66)24-60)20-28-15-11-12-16-28)18-17-31(40(63)55(4)5)49-34-32(43)36(47-25(2)45-34)51-53-38(61)29(21-57(65)23-59)19-27-13-9-10-14-27/h23-24,27-31,65-66H,8-22H2,1-7H3,(H,53,61)(H,54,62)(H2,45,47,49,51)(H2,46,48,50,52)/t29-,30-,31?,42+/m1/s1. The molecular weight excluding hydrogens is 867 g/mol. The predicted octanol–water partition coefficient (Wildman–Crippen LogP) is 3.13. The quantitative estimate of drug-likeness (QED) is 0.0382. The van der Waals surface area contributed by atoms with Crippen molar-refractivity contribution in [1.29, 1.82) is 0 Å². The van der Waals surface area contributed by atoms with Gasteiger partial charge in [-0.15, -0.1) is 0 Å². The Labute approximate surface area is 383 Å². The average Bonchev–Trinajstić information content (AvgIpc) is 4.02. The smallest absolute Gasteiger partial charge is 0.247 e. The molecule has 0 aromatic carbocycles. The molecule has 2 fully saturated rings. The molecule has 2 aliphatic rings. The van der Waals surface area contributed by atoms with Gasteiger partial charge in [-0.1, -0.05) is 58.3 Å². The Kier molecular flexibility index (Phi) is 19.5. The molecule has 66 heavy (non-hydrogen) atoms. The molecule has 2 aromatic rings. The summed E-state index contributed by atoms with van der Waals surface area (Å²) in [6.45, 7) is 4.07. The Balaban J connectivity index is 1.56. The second kappa shape index (κ2) is 24.5. The van der Waals surface area contributed by atoms with E-state index in [1.807, 2.05) is 0 Å². The summed E-state index contributed by atoms with van der Waals surface area (Å²) in [5.41, 5.74) is 8.23. The van der Waals surface area contributed by atoms with Crippen LogP contribution in [-0.4, -0.2) is 140 Å². The van der Waals surface area contributed by atoms with E-state index in [0.29, 0.717) is 23.0 Å². The minimum atomic E-state index is -1.62. The summed E-state index contributed by atoms with van der Waals surface area (Å²) in [7, 11) is 5.99. The molecule has 1 unspecified atom stereocenters. The first-order chi connectivity index (χ1) is 31.3. The fraction of sp³-hybridized carbons (Fsp3) is 0.667. The predicted molar refractivity (Wildman–Crippen MR) is 237 cm³/mol. The van der Waals surface area contributed by atoms with Crippen molar-refractivity contribution in [2.24, 2.45) is 23.7 Å². The number of likely N-dealkylation sites (N-methyl/N-ethyl adjacent to an activating group) is 2. The van der Waals surface area contributed by atoms with Gasteiger partial charge in [0.1, 0.15) is 23.2 Å². The maximum Gasteiger partial charge on any atom is 0.247 e. The van der Waals surface area contributed by atoms with Gasteiger partial charge in [-0.25, -0.2) is 30.1 Å². The van der Waals surface area contributed by atoms with Gasteiger partial charge in [0, 0.05) is 28.2 Å². The first kappa shape index (κ1) is 52.6. The molecule has 4 atom stereocenters. The highest BCUT2D eigenvalue weighted by molar-refractivity contribution is 5.90. The third kappa shape index (κ3) is 14.5. The van der Waals surface area contributed by atoms with E-state index in [0.717, 1.165) is 51.4 Å². The van der Waals surface area contributed by atoms with Gasteiger partial charge in [0.15, 0.2) is 23.3 Å². The first-order valence-electron chi connectivity index (χ1n) is 22.3. The normalized spacial score (nSPS) is 16.2. The number of aryl methyl sites for hydroxylation is 2. The molecule has 2 aromatic heterocycles. The molecule has 0 saturated heterocycles. The number of amides is 6. The van der Waals surface area contributed by atoms with Crippen molar-refractivity contribution in [2.45, 2.75) is 116 Å². The lowest BCUT2D eigenvalue weighted by Crippen LogP contribution is -2.53. The van der Waals surface area contributed by atoms with Gasteiger partial charge in [0.05, 0.1) is 24.9 Å². The van der Waals surface area contributed by atoms with Crippen molar-refractivity contribution in [3.63, 3.8) is 0 Å². The highest BCUT2D eigenvalue weighted by Crippen LogP contribution is 2.33. The second-order valence-electron chi connectivity index (χ2n) is 17.6. The Hall–Kier alpha value is -6.04. The second-order valence-corrected chi connectivity index (χ2v) is 17.6. The maximum atomic E-state index is 16.4. The van der Waals surface area contributed by atoms with Crippen LogP contribution in [0.2, 0.25) is 0 Å². The van der Waals surface area contributed by atoms with Gasteiger partial charge in [-0.05, 0) is 57.8 Å². The zero-order valence-corrected chi connectivity index (χ0v) is 38.8. The van der Waals surface area contributed by atoms with Crippen LogP contribution in [0.15, 0.2) is 0 Å². The molecule has 2 aliphatic carbocycles. The Morgan fingerprint density at radius 2 is 1.14 bits per heavy atom. The van der Waals surface area contributed by atoms with Crippen LogP contribution in [0.4, 0.5) is 32.1 Å². The fourth-order valence-corrected chi connectivity index (χ4v) is 8.69. The summed E-state index contributed by atoms with van der Waals surface area (Å²) in [5.74, 6) is -7.14. The molecular formula is C42H66F2N14O8. The Bertz CT molecular complexity index is 2010. The molecule has 0 radical (unpaired) electrons. The minimum Gasteiger partial charge on any atom is -0.356 e. The van der Waals surface area contributed by atoms with Gasteiger partial charge < -0.3 is 20.4 Å². The monoisotopic (exact) mass is 933 g/mol. The van der Waals surface area contributed by atoms with E-state index in [1.54, 1.807) is 6.92 Å². The van der Waals surface area contributed by atoms with Gasteiger partial charge in [0.25, 0.3) is 0 Å². The number of halogens is 2. The van der Waals surface area contributed by atoms with E-state index < -0.39 is 82.0 Å². The third-order valence-corrected chi connectivity index (χ3v) is 12.2.